The summed E-state index contributed by atoms with van der Waals surface area (Å²) in [4.78, 5) is 28.3. The number of carbonyl (C=O) groups excluding carboxylic acids is 2. The average molecular weight is 619 g/mol. The highest BCUT2D eigenvalue weighted by Crippen LogP contribution is 2.33. The van der Waals surface area contributed by atoms with Gasteiger partial charge in [-0.3, -0.25) is 4.57 Å². The van der Waals surface area contributed by atoms with Crippen molar-refractivity contribution in [1.29, 1.82) is 0 Å². The van der Waals surface area contributed by atoms with Crippen LogP contribution < -0.4 is 9.47 Å². The van der Waals surface area contributed by atoms with E-state index in [2.05, 4.69) is 15.2 Å². The van der Waals surface area contributed by atoms with Crippen LogP contribution in [0, 0.1) is 6.92 Å². The van der Waals surface area contributed by atoms with E-state index in [4.69, 9.17) is 18.9 Å². The molecule has 0 aliphatic carbocycles. The van der Waals surface area contributed by atoms with Gasteiger partial charge in [0.15, 0.2) is 11.0 Å². The average Bonchev–Trinajstić information content (AvgIpc) is 3.55. The quantitative estimate of drug-likeness (QED) is 0.147. The largest absolute Gasteiger partial charge is 0.497 e. The molecule has 2 heterocycles. The Morgan fingerprint density at radius 2 is 1.65 bits per heavy atom. The molecule has 228 valence electrons. The molecule has 2 aromatic heterocycles. The molecule has 0 unspecified atom stereocenters. The first-order valence-electron chi connectivity index (χ1n) is 13.1. The number of rotatable bonds is 12. The van der Waals surface area contributed by atoms with E-state index in [0.717, 1.165) is 23.9 Å². The highest BCUT2D eigenvalue weighted by molar-refractivity contribution is 7.98. The summed E-state index contributed by atoms with van der Waals surface area (Å²) in [7, 11) is 1.54. The molecule has 0 saturated carbocycles. The van der Waals surface area contributed by atoms with E-state index in [-0.39, 0.29) is 53.5 Å². The highest BCUT2D eigenvalue weighted by Gasteiger charge is 2.31. The first-order valence-corrected chi connectivity index (χ1v) is 14.1. The normalized spacial score (nSPS) is 11.3. The molecular weight excluding hydrogens is 589 g/mol. The first-order chi connectivity index (χ1) is 20.6. The molecule has 4 rings (SSSR count). The number of benzene rings is 2. The molecule has 0 radical (unpaired) electrons. The zero-order chi connectivity index (χ0) is 31.1. The maximum Gasteiger partial charge on any atom is 0.416 e. The predicted octanol–water partition coefficient (Wildman–Crippen LogP) is 6.16. The van der Waals surface area contributed by atoms with Gasteiger partial charge in [0, 0.05) is 11.4 Å². The van der Waals surface area contributed by atoms with Gasteiger partial charge in [0.1, 0.15) is 23.8 Å². The number of aromatic amines is 1. The monoisotopic (exact) mass is 618 g/mol. The van der Waals surface area contributed by atoms with Crippen LogP contribution in [0.4, 0.5) is 13.2 Å². The van der Waals surface area contributed by atoms with E-state index in [1.54, 1.807) is 45.0 Å². The van der Waals surface area contributed by atoms with Crippen molar-refractivity contribution in [3.63, 3.8) is 0 Å². The van der Waals surface area contributed by atoms with Crippen molar-refractivity contribution in [2.45, 2.75) is 44.5 Å². The van der Waals surface area contributed by atoms with E-state index in [0.29, 0.717) is 22.8 Å². The minimum Gasteiger partial charge on any atom is -0.497 e. The molecule has 0 aliphatic rings. The van der Waals surface area contributed by atoms with Crippen LogP contribution in [-0.2, 0) is 28.0 Å². The van der Waals surface area contributed by atoms with Crippen LogP contribution in [0.1, 0.15) is 57.3 Å². The molecule has 0 atom stereocenters. The summed E-state index contributed by atoms with van der Waals surface area (Å²) >= 11 is 1.10. The van der Waals surface area contributed by atoms with Crippen molar-refractivity contribution in [2.75, 3.05) is 20.3 Å². The Labute approximate surface area is 249 Å². The Morgan fingerprint density at radius 1 is 0.977 bits per heavy atom. The fourth-order valence-corrected chi connectivity index (χ4v) is 5.11. The van der Waals surface area contributed by atoms with E-state index in [1.165, 1.54) is 23.8 Å². The van der Waals surface area contributed by atoms with Gasteiger partial charge >= 0.3 is 18.1 Å². The minimum absolute atomic E-state index is 0.0742. The Kier molecular flexibility index (Phi) is 10.0. The summed E-state index contributed by atoms with van der Waals surface area (Å²) in [6.07, 6.45) is -4.57. The molecular formula is C29H29F3N4O6S. The molecule has 0 fully saturated rings. The molecule has 0 spiro atoms. The second kappa shape index (κ2) is 13.7. The third-order valence-corrected chi connectivity index (χ3v) is 7.15. The van der Waals surface area contributed by atoms with Crippen molar-refractivity contribution in [2.24, 2.45) is 0 Å². The molecule has 0 aliphatic heterocycles. The summed E-state index contributed by atoms with van der Waals surface area (Å²) in [6, 6.07) is 11.5. The number of nitrogens with zero attached hydrogens (tertiary/aromatic N) is 3. The molecule has 43 heavy (non-hydrogen) atoms. The van der Waals surface area contributed by atoms with E-state index in [9.17, 15) is 22.8 Å². The van der Waals surface area contributed by atoms with Crippen molar-refractivity contribution in [3.8, 4) is 17.2 Å². The number of hydrogen-bond acceptors (Lipinski definition) is 9. The number of thioether (sulfide) groups is 1. The van der Waals surface area contributed by atoms with Gasteiger partial charge in [0.05, 0.1) is 37.1 Å². The van der Waals surface area contributed by atoms with Gasteiger partial charge in [-0.25, -0.2) is 9.59 Å². The Bertz CT molecular complexity index is 1580. The summed E-state index contributed by atoms with van der Waals surface area (Å²) in [5.41, 5.74) is 0.314. The number of aromatic nitrogens is 4. The smallest absolute Gasteiger partial charge is 0.416 e. The SMILES string of the molecule is CCOC(=O)c1[nH]c(CSc2nnc(COc3ccc(OC)cc3)n2-c2cccc(C(F)(F)F)c2)c(C(=O)OCC)c1C. The molecule has 0 amide bonds. The van der Waals surface area contributed by atoms with Crippen LogP contribution in [0.2, 0.25) is 0 Å². The lowest BCUT2D eigenvalue weighted by atomic mass is 10.1. The number of alkyl halides is 3. The molecule has 0 saturated heterocycles. The van der Waals surface area contributed by atoms with Gasteiger partial charge < -0.3 is 23.9 Å². The Hall–Kier alpha value is -4.46. The third kappa shape index (κ3) is 7.31. The number of halogens is 3. The van der Waals surface area contributed by atoms with E-state index >= 15 is 0 Å². The lowest BCUT2D eigenvalue weighted by Gasteiger charge is -2.14. The fraction of sp³-hybridized carbons (Fsp3) is 0.310. The third-order valence-electron chi connectivity index (χ3n) is 6.19. The van der Waals surface area contributed by atoms with Gasteiger partial charge in [-0.15, -0.1) is 10.2 Å². The summed E-state index contributed by atoms with van der Waals surface area (Å²) in [5, 5.41) is 8.64. The van der Waals surface area contributed by atoms with Crippen LogP contribution in [0.15, 0.2) is 53.7 Å². The van der Waals surface area contributed by atoms with Crippen LogP contribution in [0.5, 0.6) is 11.5 Å². The number of ether oxygens (including phenoxy) is 4. The van der Waals surface area contributed by atoms with Crippen molar-refractivity contribution in [1.82, 2.24) is 19.7 Å². The Morgan fingerprint density at radius 3 is 2.30 bits per heavy atom. The standard InChI is InChI=1S/C29H29F3N4O6S/c1-5-40-26(37)24-17(3)25(27(38)41-6-2)33-22(24)16-43-28-35-34-23(15-42-21-12-10-20(39-4)11-13-21)36(28)19-9-7-8-18(14-19)29(30,31)32/h7-14,33H,5-6,15-16H2,1-4H3. The summed E-state index contributed by atoms with van der Waals surface area (Å²) < 4.78 is 63.5. The van der Waals surface area contributed by atoms with Gasteiger partial charge in [0.25, 0.3) is 0 Å². The second-order valence-corrected chi connectivity index (χ2v) is 9.90. The van der Waals surface area contributed by atoms with Crippen LogP contribution in [-0.4, -0.2) is 52.0 Å². The maximum absolute atomic E-state index is 13.6. The minimum atomic E-state index is -4.57. The summed E-state index contributed by atoms with van der Waals surface area (Å²) in [6.45, 7) is 5.06. The van der Waals surface area contributed by atoms with Crippen molar-refractivity contribution >= 4 is 23.7 Å². The highest BCUT2D eigenvalue weighted by atomic mass is 32.2. The number of methoxy groups -OCH3 is 1. The zero-order valence-corrected chi connectivity index (χ0v) is 24.6. The molecule has 14 heteroatoms. The molecule has 1 N–H and O–H groups in total. The lowest BCUT2D eigenvalue weighted by molar-refractivity contribution is -0.137. The Balaban J connectivity index is 1.70. The van der Waals surface area contributed by atoms with Gasteiger partial charge in [-0.05, 0) is 68.8 Å². The van der Waals surface area contributed by atoms with E-state index < -0.39 is 23.7 Å². The zero-order valence-electron chi connectivity index (χ0n) is 23.8. The second-order valence-electron chi connectivity index (χ2n) is 8.95. The van der Waals surface area contributed by atoms with Crippen LogP contribution in [0.25, 0.3) is 5.69 Å². The fourth-order valence-electron chi connectivity index (χ4n) is 4.18. The lowest BCUT2D eigenvalue weighted by Crippen LogP contribution is -2.10. The number of hydrogen-bond donors (Lipinski definition) is 1. The topological polar surface area (TPSA) is 118 Å². The number of esters is 2. The van der Waals surface area contributed by atoms with Gasteiger partial charge in [-0.1, -0.05) is 17.8 Å². The van der Waals surface area contributed by atoms with Gasteiger partial charge in [-0.2, -0.15) is 13.2 Å². The molecule has 0 bridgehead atoms. The first kappa shape index (κ1) is 31.5. The van der Waals surface area contributed by atoms with Crippen molar-refractivity contribution < 1.29 is 41.7 Å². The predicted molar refractivity (Wildman–Crippen MR) is 151 cm³/mol. The van der Waals surface area contributed by atoms with Gasteiger partial charge in [0.2, 0.25) is 0 Å². The summed E-state index contributed by atoms with van der Waals surface area (Å²) in [5.74, 6) is 0.164. The van der Waals surface area contributed by atoms with Crippen LogP contribution >= 0.6 is 11.8 Å². The van der Waals surface area contributed by atoms with Crippen LogP contribution in [0.3, 0.4) is 0 Å². The van der Waals surface area contributed by atoms with Crippen molar-refractivity contribution in [3.05, 3.63) is 82.4 Å². The number of H-pyrrole nitrogens is 1. The molecule has 10 nitrogen and oxygen atoms in total. The molecule has 4 aromatic rings. The number of carbonyl (C=O) groups is 2. The number of nitrogens with one attached hydrogen (secondary N) is 1. The maximum atomic E-state index is 13.6. The molecule has 2 aromatic carbocycles. The van der Waals surface area contributed by atoms with E-state index in [1.807, 2.05) is 0 Å².